The maximum absolute atomic E-state index is 4.50. The molecule has 1 N–H and O–H groups in total. The standard InChI is InChI=1S/C12H17N3S/c1-2-3-11-9-15-12(16-11)14-8-10-4-6-13-7-5-10/h4-7,11H,2-3,8-9H2,1H3,(H,14,15). The summed E-state index contributed by atoms with van der Waals surface area (Å²) in [5.41, 5.74) is 1.25. The molecule has 1 atom stereocenters. The largest absolute Gasteiger partial charge is 0.361 e. The van der Waals surface area contributed by atoms with Crippen molar-refractivity contribution >= 4 is 16.9 Å². The summed E-state index contributed by atoms with van der Waals surface area (Å²) in [6.45, 7) is 4.04. The van der Waals surface area contributed by atoms with Gasteiger partial charge in [-0.05, 0) is 24.1 Å². The van der Waals surface area contributed by atoms with Gasteiger partial charge in [0.15, 0.2) is 5.17 Å². The highest BCUT2D eigenvalue weighted by Gasteiger charge is 2.17. The van der Waals surface area contributed by atoms with Crippen molar-refractivity contribution in [3.05, 3.63) is 30.1 Å². The Hall–Kier alpha value is -1.03. The minimum absolute atomic E-state index is 0.685. The molecule has 1 aliphatic heterocycles. The number of nitrogens with zero attached hydrogens (tertiary/aromatic N) is 2. The van der Waals surface area contributed by atoms with Gasteiger partial charge in [-0.1, -0.05) is 25.1 Å². The molecule has 0 aromatic carbocycles. The van der Waals surface area contributed by atoms with Gasteiger partial charge in [0.1, 0.15) is 0 Å². The first-order chi connectivity index (χ1) is 7.88. The van der Waals surface area contributed by atoms with Gasteiger partial charge in [0.2, 0.25) is 0 Å². The zero-order chi connectivity index (χ0) is 11.2. The van der Waals surface area contributed by atoms with Crippen LogP contribution in [0.5, 0.6) is 0 Å². The molecule has 1 unspecified atom stereocenters. The fourth-order valence-corrected chi connectivity index (χ4v) is 2.79. The second-order valence-corrected chi connectivity index (χ2v) is 5.17. The van der Waals surface area contributed by atoms with E-state index >= 15 is 0 Å². The predicted octanol–water partition coefficient (Wildman–Crippen LogP) is 2.44. The van der Waals surface area contributed by atoms with Gasteiger partial charge >= 0.3 is 0 Å². The molecule has 1 aromatic rings. The lowest BCUT2D eigenvalue weighted by atomic mass is 10.2. The summed E-state index contributed by atoms with van der Waals surface area (Å²) in [7, 11) is 0. The molecule has 0 aliphatic carbocycles. The van der Waals surface area contributed by atoms with E-state index in [2.05, 4.69) is 22.2 Å². The van der Waals surface area contributed by atoms with Crippen LogP contribution >= 0.6 is 11.8 Å². The summed E-state index contributed by atoms with van der Waals surface area (Å²) in [6, 6.07) is 4.05. The number of rotatable bonds is 4. The number of thioether (sulfide) groups is 1. The van der Waals surface area contributed by atoms with Crippen LogP contribution in [0.25, 0.3) is 0 Å². The van der Waals surface area contributed by atoms with Crippen molar-refractivity contribution in [1.29, 1.82) is 0 Å². The van der Waals surface area contributed by atoms with E-state index in [9.17, 15) is 0 Å². The molecular weight excluding hydrogens is 218 g/mol. The van der Waals surface area contributed by atoms with Crippen LogP contribution < -0.4 is 5.32 Å². The van der Waals surface area contributed by atoms with Gasteiger partial charge in [0.25, 0.3) is 0 Å². The van der Waals surface area contributed by atoms with Crippen LogP contribution in [0.4, 0.5) is 0 Å². The molecule has 2 rings (SSSR count). The first kappa shape index (κ1) is 11.5. The van der Waals surface area contributed by atoms with E-state index < -0.39 is 0 Å². The highest BCUT2D eigenvalue weighted by atomic mass is 32.2. The number of aliphatic imine (C=N–C) groups is 1. The minimum atomic E-state index is 0.685. The van der Waals surface area contributed by atoms with Gasteiger partial charge in [-0.3, -0.25) is 9.98 Å². The van der Waals surface area contributed by atoms with Gasteiger partial charge in [-0.2, -0.15) is 0 Å². The molecule has 0 spiro atoms. The third-order valence-corrected chi connectivity index (χ3v) is 3.74. The molecule has 1 aromatic heterocycles. The minimum Gasteiger partial charge on any atom is -0.361 e. The van der Waals surface area contributed by atoms with Crippen molar-refractivity contribution in [2.45, 2.75) is 31.6 Å². The second kappa shape index (κ2) is 5.89. The van der Waals surface area contributed by atoms with Gasteiger partial charge < -0.3 is 5.32 Å². The molecule has 4 heteroatoms. The Morgan fingerprint density at radius 3 is 3.00 bits per heavy atom. The van der Waals surface area contributed by atoms with E-state index in [1.807, 2.05) is 36.3 Å². The molecule has 0 saturated carbocycles. The van der Waals surface area contributed by atoms with Crippen molar-refractivity contribution < 1.29 is 0 Å². The molecule has 0 amide bonds. The van der Waals surface area contributed by atoms with Crippen LogP contribution in [-0.4, -0.2) is 21.9 Å². The maximum Gasteiger partial charge on any atom is 0.157 e. The molecule has 86 valence electrons. The Balaban J connectivity index is 1.76. The summed E-state index contributed by atoms with van der Waals surface area (Å²) in [4.78, 5) is 8.50. The molecule has 0 radical (unpaired) electrons. The number of aromatic nitrogens is 1. The Kier molecular flexibility index (Phi) is 4.22. The quantitative estimate of drug-likeness (QED) is 0.871. The zero-order valence-corrected chi connectivity index (χ0v) is 10.3. The summed E-state index contributed by atoms with van der Waals surface area (Å²) >= 11 is 1.88. The summed E-state index contributed by atoms with van der Waals surface area (Å²) in [6.07, 6.45) is 6.14. The Labute approximate surface area is 101 Å². The number of hydrogen-bond donors (Lipinski definition) is 1. The molecule has 2 heterocycles. The van der Waals surface area contributed by atoms with Crippen LogP contribution in [0.3, 0.4) is 0 Å². The van der Waals surface area contributed by atoms with Crippen LogP contribution in [0.15, 0.2) is 29.5 Å². The lowest BCUT2D eigenvalue weighted by Crippen LogP contribution is -2.18. The zero-order valence-electron chi connectivity index (χ0n) is 9.52. The molecule has 0 fully saturated rings. The molecule has 1 aliphatic rings. The van der Waals surface area contributed by atoms with Crippen molar-refractivity contribution in [3.8, 4) is 0 Å². The van der Waals surface area contributed by atoms with Gasteiger partial charge in [-0.15, -0.1) is 0 Å². The topological polar surface area (TPSA) is 37.3 Å². The van der Waals surface area contributed by atoms with Crippen LogP contribution in [-0.2, 0) is 6.54 Å². The van der Waals surface area contributed by atoms with Crippen molar-refractivity contribution in [1.82, 2.24) is 10.3 Å². The van der Waals surface area contributed by atoms with E-state index in [4.69, 9.17) is 0 Å². The van der Waals surface area contributed by atoms with Gasteiger partial charge in [0, 0.05) is 24.2 Å². The smallest absolute Gasteiger partial charge is 0.157 e. The lowest BCUT2D eigenvalue weighted by molar-refractivity contribution is 0.753. The normalized spacial score (nSPS) is 19.6. The SMILES string of the molecule is CCCC1CN=C(NCc2ccncc2)S1. The molecule has 0 bridgehead atoms. The first-order valence-corrected chi connectivity index (χ1v) is 6.60. The first-order valence-electron chi connectivity index (χ1n) is 5.72. The van der Waals surface area contributed by atoms with E-state index in [0.717, 1.165) is 18.3 Å². The molecule has 0 saturated heterocycles. The molecule has 3 nitrogen and oxygen atoms in total. The third-order valence-electron chi connectivity index (χ3n) is 2.52. The van der Waals surface area contributed by atoms with Gasteiger partial charge in [-0.25, -0.2) is 0 Å². The third kappa shape index (κ3) is 3.23. The van der Waals surface area contributed by atoms with Crippen molar-refractivity contribution in [3.63, 3.8) is 0 Å². The summed E-state index contributed by atoms with van der Waals surface area (Å²) in [5, 5.41) is 5.15. The van der Waals surface area contributed by atoms with E-state index in [-0.39, 0.29) is 0 Å². The van der Waals surface area contributed by atoms with Crippen LogP contribution in [0, 0.1) is 0 Å². The average molecular weight is 235 g/mol. The summed E-state index contributed by atoms with van der Waals surface area (Å²) in [5.74, 6) is 0. The fraction of sp³-hybridized carbons (Fsp3) is 0.500. The highest BCUT2D eigenvalue weighted by Crippen LogP contribution is 2.23. The van der Waals surface area contributed by atoms with E-state index in [1.54, 1.807) is 0 Å². The van der Waals surface area contributed by atoms with Crippen LogP contribution in [0.2, 0.25) is 0 Å². The molecule has 16 heavy (non-hydrogen) atoms. The number of nitrogens with one attached hydrogen (secondary N) is 1. The van der Waals surface area contributed by atoms with E-state index in [0.29, 0.717) is 5.25 Å². The maximum atomic E-state index is 4.50. The van der Waals surface area contributed by atoms with Crippen molar-refractivity contribution in [2.24, 2.45) is 4.99 Å². The number of pyridine rings is 1. The monoisotopic (exact) mass is 235 g/mol. The van der Waals surface area contributed by atoms with Gasteiger partial charge in [0.05, 0.1) is 6.54 Å². The van der Waals surface area contributed by atoms with Crippen LogP contribution in [0.1, 0.15) is 25.3 Å². The fourth-order valence-electron chi connectivity index (χ4n) is 1.67. The van der Waals surface area contributed by atoms with Crippen molar-refractivity contribution in [2.75, 3.05) is 6.54 Å². The Morgan fingerprint density at radius 2 is 2.25 bits per heavy atom. The van der Waals surface area contributed by atoms with E-state index in [1.165, 1.54) is 18.4 Å². The lowest BCUT2D eigenvalue weighted by Gasteiger charge is -2.07. The number of amidine groups is 1. The summed E-state index contributed by atoms with van der Waals surface area (Å²) < 4.78 is 0. The average Bonchev–Trinajstić information content (AvgIpc) is 2.76. The molecular formula is C12H17N3S. The Bertz CT molecular complexity index is 351. The number of hydrogen-bond acceptors (Lipinski definition) is 4. The Morgan fingerprint density at radius 1 is 1.44 bits per heavy atom. The predicted molar refractivity (Wildman–Crippen MR) is 69.7 cm³/mol. The highest BCUT2D eigenvalue weighted by molar-refractivity contribution is 8.14. The second-order valence-electron chi connectivity index (χ2n) is 3.88.